The van der Waals surface area contributed by atoms with Gasteiger partial charge in [0.25, 0.3) is 0 Å². The Hall–Kier alpha value is -0.770. The van der Waals surface area contributed by atoms with Gasteiger partial charge in [-0.3, -0.25) is 4.99 Å². The predicted octanol–water partition coefficient (Wildman–Crippen LogP) is 1.76. The van der Waals surface area contributed by atoms with Crippen molar-refractivity contribution in [1.29, 1.82) is 0 Å². The van der Waals surface area contributed by atoms with Crippen LogP contribution in [0.4, 0.5) is 0 Å². The summed E-state index contributed by atoms with van der Waals surface area (Å²) in [5, 5.41) is 0. The lowest BCUT2D eigenvalue weighted by molar-refractivity contribution is 0.205. The first-order chi connectivity index (χ1) is 8.51. The van der Waals surface area contributed by atoms with E-state index in [1.807, 2.05) is 0 Å². The molecule has 1 atom stereocenters. The predicted molar refractivity (Wildman–Crippen MR) is 78.8 cm³/mol. The van der Waals surface area contributed by atoms with Gasteiger partial charge in [0.15, 0.2) is 5.96 Å². The summed E-state index contributed by atoms with van der Waals surface area (Å²) in [5.74, 6) is 1.40. The van der Waals surface area contributed by atoms with Crippen LogP contribution in [0.15, 0.2) is 4.99 Å². The fraction of sp³-hybridized carbons (Fsp3) is 0.929. The smallest absolute Gasteiger partial charge is 0.191 e. The van der Waals surface area contributed by atoms with E-state index in [0.29, 0.717) is 24.0 Å². The lowest BCUT2D eigenvalue weighted by atomic mass is 9.93. The van der Waals surface area contributed by atoms with Crippen molar-refractivity contribution >= 4 is 5.96 Å². The van der Waals surface area contributed by atoms with Crippen LogP contribution in [-0.2, 0) is 0 Å². The lowest BCUT2D eigenvalue weighted by Gasteiger charge is -2.30. The minimum atomic E-state index is 0.492. The van der Waals surface area contributed by atoms with Crippen LogP contribution < -0.4 is 5.73 Å². The van der Waals surface area contributed by atoms with Crippen molar-refractivity contribution in [2.45, 2.75) is 51.6 Å². The first kappa shape index (κ1) is 15.3. The van der Waals surface area contributed by atoms with Gasteiger partial charge in [0.2, 0.25) is 0 Å². The molecule has 0 aromatic carbocycles. The molecule has 0 aromatic rings. The fourth-order valence-corrected chi connectivity index (χ4v) is 2.51. The quantitative estimate of drug-likeness (QED) is 0.556. The minimum Gasteiger partial charge on any atom is -0.370 e. The first-order valence-corrected chi connectivity index (χ1v) is 7.20. The van der Waals surface area contributed by atoms with E-state index < -0.39 is 0 Å². The van der Waals surface area contributed by atoms with Gasteiger partial charge in [-0.25, -0.2) is 0 Å². The molecule has 4 heteroatoms. The summed E-state index contributed by atoms with van der Waals surface area (Å²) < 4.78 is 0. The van der Waals surface area contributed by atoms with E-state index in [9.17, 15) is 0 Å². The number of aliphatic imine (C=N–C) groups is 1. The summed E-state index contributed by atoms with van der Waals surface area (Å²) in [6.45, 7) is 5.32. The van der Waals surface area contributed by atoms with Crippen molar-refractivity contribution in [1.82, 2.24) is 9.80 Å². The van der Waals surface area contributed by atoms with Gasteiger partial charge in [0.05, 0.1) is 6.54 Å². The third-order valence-corrected chi connectivity index (χ3v) is 4.15. The molecule has 0 aromatic heterocycles. The number of hydrogen-bond donors (Lipinski definition) is 1. The van der Waals surface area contributed by atoms with Crippen LogP contribution in [0.3, 0.4) is 0 Å². The van der Waals surface area contributed by atoms with E-state index in [1.165, 1.54) is 25.7 Å². The molecule has 1 aliphatic carbocycles. The van der Waals surface area contributed by atoms with E-state index in [4.69, 9.17) is 5.73 Å². The third kappa shape index (κ3) is 4.16. The molecule has 1 fully saturated rings. The number of rotatable bonds is 7. The zero-order chi connectivity index (χ0) is 13.7. The second-order valence-corrected chi connectivity index (χ2v) is 5.65. The number of hydrogen-bond acceptors (Lipinski definition) is 2. The molecule has 0 bridgehead atoms. The summed E-state index contributed by atoms with van der Waals surface area (Å²) in [6.07, 6.45) is 4.92. The van der Waals surface area contributed by atoms with E-state index in [-0.39, 0.29) is 0 Å². The van der Waals surface area contributed by atoms with Gasteiger partial charge in [-0.2, -0.15) is 0 Å². The average molecular weight is 254 g/mol. The Morgan fingerprint density at radius 1 is 1.22 bits per heavy atom. The summed E-state index contributed by atoms with van der Waals surface area (Å²) in [6, 6.07) is 1.13. The Morgan fingerprint density at radius 3 is 2.17 bits per heavy atom. The third-order valence-electron chi connectivity index (χ3n) is 4.15. The summed E-state index contributed by atoms with van der Waals surface area (Å²) in [4.78, 5) is 9.01. The molecule has 0 saturated heterocycles. The highest BCUT2D eigenvalue weighted by molar-refractivity contribution is 5.78. The first-order valence-electron chi connectivity index (χ1n) is 7.20. The van der Waals surface area contributed by atoms with Crippen LogP contribution in [-0.4, -0.2) is 55.5 Å². The fourth-order valence-electron chi connectivity index (χ4n) is 2.51. The molecule has 18 heavy (non-hydrogen) atoms. The zero-order valence-electron chi connectivity index (χ0n) is 12.7. The topological polar surface area (TPSA) is 44.9 Å². The van der Waals surface area contributed by atoms with Crippen molar-refractivity contribution in [3.05, 3.63) is 0 Å². The molecule has 2 N–H and O–H groups in total. The highest BCUT2D eigenvalue weighted by Crippen LogP contribution is 2.25. The molecular weight excluding hydrogens is 224 g/mol. The Kier molecular flexibility index (Phi) is 5.93. The van der Waals surface area contributed by atoms with Crippen LogP contribution in [0.5, 0.6) is 0 Å². The van der Waals surface area contributed by atoms with Crippen molar-refractivity contribution in [3.63, 3.8) is 0 Å². The van der Waals surface area contributed by atoms with Crippen LogP contribution in [0.2, 0.25) is 0 Å². The van der Waals surface area contributed by atoms with Crippen molar-refractivity contribution < 1.29 is 0 Å². The van der Waals surface area contributed by atoms with Gasteiger partial charge in [-0.05, 0) is 32.9 Å². The maximum Gasteiger partial charge on any atom is 0.191 e. The molecule has 4 nitrogen and oxygen atoms in total. The van der Waals surface area contributed by atoms with Gasteiger partial charge in [-0.15, -0.1) is 0 Å². The van der Waals surface area contributed by atoms with Crippen LogP contribution in [0, 0.1) is 5.92 Å². The number of nitrogens with zero attached hydrogens (tertiary/aromatic N) is 3. The Balaban J connectivity index is 2.57. The summed E-state index contributed by atoms with van der Waals surface area (Å²) in [7, 11) is 6.33. The van der Waals surface area contributed by atoms with E-state index in [0.717, 1.165) is 6.54 Å². The Labute approximate surface area is 112 Å². The molecule has 1 unspecified atom stereocenters. The minimum absolute atomic E-state index is 0.492. The number of nitrogens with two attached hydrogens (primary N) is 1. The number of likely N-dealkylation sites (N-methyl/N-ethyl adjacent to an activating group) is 1. The number of guanidine groups is 1. The molecule has 0 aliphatic heterocycles. The van der Waals surface area contributed by atoms with E-state index in [1.54, 1.807) is 0 Å². The molecule has 0 amide bonds. The van der Waals surface area contributed by atoms with Crippen molar-refractivity contribution in [2.75, 3.05) is 27.7 Å². The van der Waals surface area contributed by atoms with Crippen molar-refractivity contribution in [2.24, 2.45) is 16.6 Å². The van der Waals surface area contributed by atoms with Gasteiger partial charge < -0.3 is 15.5 Å². The molecule has 1 saturated carbocycles. The molecule has 106 valence electrons. The van der Waals surface area contributed by atoms with Crippen LogP contribution in [0.1, 0.15) is 39.5 Å². The van der Waals surface area contributed by atoms with Gasteiger partial charge in [-0.1, -0.05) is 26.7 Å². The molecule has 1 rings (SSSR count). The van der Waals surface area contributed by atoms with Gasteiger partial charge >= 0.3 is 0 Å². The summed E-state index contributed by atoms with van der Waals surface area (Å²) in [5.41, 5.74) is 6.05. The van der Waals surface area contributed by atoms with Crippen LogP contribution >= 0.6 is 0 Å². The molecule has 1 aliphatic rings. The monoisotopic (exact) mass is 254 g/mol. The standard InChI is InChI=1S/C14H30N4/c1-6-11(7-2)13(17(3)4)10-16-14(15)18(5)12-8-9-12/h11-13H,6-10H2,1-5H3,(H2,15,16). The average Bonchev–Trinajstić information content (AvgIpc) is 3.16. The largest absolute Gasteiger partial charge is 0.370 e. The maximum absolute atomic E-state index is 6.05. The second-order valence-electron chi connectivity index (χ2n) is 5.65. The van der Waals surface area contributed by atoms with Gasteiger partial charge in [0, 0.05) is 19.1 Å². The highest BCUT2D eigenvalue weighted by Gasteiger charge is 2.27. The second kappa shape index (κ2) is 6.98. The van der Waals surface area contributed by atoms with Crippen molar-refractivity contribution in [3.8, 4) is 0 Å². The normalized spacial score (nSPS) is 18.5. The zero-order valence-corrected chi connectivity index (χ0v) is 12.7. The molecule has 0 heterocycles. The molecule has 0 radical (unpaired) electrons. The van der Waals surface area contributed by atoms with Crippen LogP contribution in [0.25, 0.3) is 0 Å². The van der Waals surface area contributed by atoms with E-state index in [2.05, 4.69) is 49.8 Å². The maximum atomic E-state index is 6.05. The Bertz CT molecular complexity index is 267. The van der Waals surface area contributed by atoms with Gasteiger partial charge in [0.1, 0.15) is 0 Å². The highest BCUT2D eigenvalue weighted by atomic mass is 15.3. The van der Waals surface area contributed by atoms with E-state index >= 15 is 0 Å². The molecule has 0 spiro atoms. The summed E-state index contributed by atoms with van der Waals surface area (Å²) >= 11 is 0. The lowest BCUT2D eigenvalue weighted by Crippen LogP contribution is -2.40. The Morgan fingerprint density at radius 2 is 1.78 bits per heavy atom. The molecular formula is C14H30N4. The SMILES string of the molecule is CCC(CC)C(CN=C(N)N(C)C1CC1)N(C)C.